The quantitative estimate of drug-likeness (QED) is 0.774. The van der Waals surface area contributed by atoms with E-state index in [1.165, 1.54) is 6.07 Å². The molecule has 1 fully saturated rings. The lowest BCUT2D eigenvalue weighted by Gasteiger charge is -2.26. The predicted octanol–water partition coefficient (Wildman–Crippen LogP) is 2.78. The highest BCUT2D eigenvalue weighted by molar-refractivity contribution is 9.10. The average Bonchev–Trinajstić information content (AvgIpc) is 2.48. The lowest BCUT2D eigenvalue weighted by Crippen LogP contribution is -2.32. The second-order valence-corrected chi connectivity index (χ2v) is 6.29. The van der Waals surface area contributed by atoms with E-state index in [1.54, 1.807) is 12.1 Å². The van der Waals surface area contributed by atoms with E-state index in [1.807, 2.05) is 0 Å². The molecule has 0 unspecified atom stereocenters. The van der Waals surface area contributed by atoms with E-state index in [-0.39, 0.29) is 17.6 Å². The van der Waals surface area contributed by atoms with Gasteiger partial charge in [-0.2, -0.15) is 0 Å². The predicted molar refractivity (Wildman–Crippen MR) is 81.2 cm³/mol. The Morgan fingerprint density at radius 1 is 1.24 bits per heavy atom. The fraction of sp³-hybridized carbons (Fsp3) is 0.467. The summed E-state index contributed by atoms with van der Waals surface area (Å²) in [5, 5.41) is 21.4. The summed E-state index contributed by atoms with van der Waals surface area (Å²) in [5.74, 6) is -0.820. The van der Waals surface area contributed by atoms with Crippen molar-refractivity contribution in [2.45, 2.75) is 25.7 Å². The first-order chi connectivity index (χ1) is 9.97. The first kappa shape index (κ1) is 15.8. The number of carbonyl (C=O) groups is 2. The molecule has 0 radical (unpaired) electrons. The largest absolute Gasteiger partial charge is 0.507 e. The Labute approximate surface area is 131 Å². The summed E-state index contributed by atoms with van der Waals surface area (Å²) in [5.41, 5.74) is 0.412. The van der Waals surface area contributed by atoms with Gasteiger partial charge in [0.05, 0.1) is 10.4 Å². The van der Waals surface area contributed by atoms with Crippen LogP contribution in [0.5, 0.6) is 5.75 Å². The van der Waals surface area contributed by atoms with Crippen molar-refractivity contribution >= 4 is 27.8 Å². The molecular formula is C15H18BrNO4. The number of nitrogens with one attached hydrogen (secondary N) is 1. The minimum absolute atomic E-state index is 0.0321. The van der Waals surface area contributed by atoms with Gasteiger partial charge in [0.1, 0.15) is 5.75 Å². The van der Waals surface area contributed by atoms with Crippen LogP contribution in [0.15, 0.2) is 22.7 Å². The van der Waals surface area contributed by atoms with Crippen molar-refractivity contribution < 1.29 is 19.8 Å². The number of aromatic hydroxyl groups is 1. The Morgan fingerprint density at radius 3 is 2.48 bits per heavy atom. The van der Waals surface area contributed by atoms with E-state index < -0.39 is 5.97 Å². The zero-order valence-corrected chi connectivity index (χ0v) is 13.1. The van der Waals surface area contributed by atoms with Gasteiger partial charge in [-0.25, -0.2) is 0 Å². The highest BCUT2D eigenvalue weighted by atomic mass is 79.9. The van der Waals surface area contributed by atoms with Crippen LogP contribution in [0.2, 0.25) is 0 Å². The Hall–Kier alpha value is -1.56. The Morgan fingerprint density at radius 2 is 1.90 bits per heavy atom. The number of carbonyl (C=O) groups excluding carboxylic acids is 1. The lowest BCUT2D eigenvalue weighted by molar-refractivity contribution is -0.143. The molecule has 3 N–H and O–H groups in total. The molecule has 1 aliphatic rings. The lowest BCUT2D eigenvalue weighted by atomic mass is 9.82. The number of rotatable bonds is 4. The topological polar surface area (TPSA) is 86.6 Å². The minimum atomic E-state index is -0.720. The number of carboxylic acid groups (broad SMARTS) is 1. The van der Waals surface area contributed by atoms with Crippen LogP contribution in [0.4, 0.5) is 0 Å². The molecular weight excluding hydrogens is 338 g/mol. The fourth-order valence-electron chi connectivity index (χ4n) is 2.61. The highest BCUT2D eigenvalue weighted by Crippen LogP contribution is 2.28. The van der Waals surface area contributed by atoms with Crippen molar-refractivity contribution in [3.8, 4) is 5.75 Å². The smallest absolute Gasteiger partial charge is 0.306 e. The van der Waals surface area contributed by atoms with Crippen molar-refractivity contribution in [2.24, 2.45) is 11.8 Å². The normalized spacial score (nSPS) is 21.8. The molecule has 114 valence electrons. The van der Waals surface area contributed by atoms with E-state index in [0.717, 1.165) is 12.8 Å². The van der Waals surface area contributed by atoms with Crippen molar-refractivity contribution in [2.75, 3.05) is 6.54 Å². The fourth-order valence-corrected chi connectivity index (χ4v) is 2.85. The van der Waals surface area contributed by atoms with Crippen LogP contribution in [0, 0.1) is 11.8 Å². The first-order valence-corrected chi connectivity index (χ1v) is 7.76. The van der Waals surface area contributed by atoms with Gasteiger partial charge in [-0.1, -0.05) is 0 Å². The van der Waals surface area contributed by atoms with E-state index >= 15 is 0 Å². The molecule has 5 nitrogen and oxygen atoms in total. The number of aliphatic carboxylic acids is 1. The second-order valence-electron chi connectivity index (χ2n) is 5.43. The summed E-state index contributed by atoms with van der Waals surface area (Å²) in [6.07, 6.45) is 3.00. The summed E-state index contributed by atoms with van der Waals surface area (Å²) >= 11 is 3.17. The molecule has 0 saturated heterocycles. The highest BCUT2D eigenvalue weighted by Gasteiger charge is 2.26. The maximum atomic E-state index is 12.0. The molecule has 0 spiro atoms. The molecule has 1 aliphatic carbocycles. The molecule has 1 aromatic carbocycles. The van der Waals surface area contributed by atoms with Crippen LogP contribution in [0.1, 0.15) is 36.0 Å². The number of benzene rings is 1. The molecule has 21 heavy (non-hydrogen) atoms. The van der Waals surface area contributed by atoms with Gasteiger partial charge >= 0.3 is 5.97 Å². The molecule has 0 atom stereocenters. The van der Waals surface area contributed by atoms with Crippen molar-refractivity contribution in [3.05, 3.63) is 28.2 Å². The third-order valence-corrected chi connectivity index (χ3v) is 4.63. The van der Waals surface area contributed by atoms with Gasteiger partial charge in [0.15, 0.2) is 0 Å². The maximum absolute atomic E-state index is 12.0. The van der Waals surface area contributed by atoms with Crippen molar-refractivity contribution in [3.63, 3.8) is 0 Å². The molecule has 6 heteroatoms. The SMILES string of the molecule is O=C(NCC1CCC(C(=O)O)CC1)c1ccc(Br)c(O)c1. The van der Waals surface area contributed by atoms with Crippen molar-refractivity contribution in [1.29, 1.82) is 0 Å². The van der Waals surface area contributed by atoms with Gasteiger partial charge in [-0.15, -0.1) is 0 Å². The molecule has 0 aromatic heterocycles. The second kappa shape index (κ2) is 6.93. The Balaban J connectivity index is 1.82. The third kappa shape index (κ3) is 4.20. The van der Waals surface area contributed by atoms with E-state index in [4.69, 9.17) is 5.11 Å². The maximum Gasteiger partial charge on any atom is 0.306 e. The third-order valence-electron chi connectivity index (χ3n) is 3.96. The summed E-state index contributed by atoms with van der Waals surface area (Å²) in [6, 6.07) is 4.68. The first-order valence-electron chi connectivity index (χ1n) is 6.97. The molecule has 2 rings (SSSR count). The number of halogens is 1. The molecule has 1 amide bonds. The average molecular weight is 356 g/mol. The number of hydrogen-bond donors (Lipinski definition) is 3. The summed E-state index contributed by atoms with van der Waals surface area (Å²) in [4.78, 5) is 22.9. The number of amides is 1. The zero-order chi connectivity index (χ0) is 15.4. The van der Waals surface area contributed by atoms with E-state index in [9.17, 15) is 14.7 Å². The van der Waals surface area contributed by atoms with Gasteiger partial charge in [0.25, 0.3) is 5.91 Å². The van der Waals surface area contributed by atoms with E-state index in [2.05, 4.69) is 21.2 Å². The van der Waals surface area contributed by atoms with Gasteiger partial charge in [0.2, 0.25) is 0 Å². The van der Waals surface area contributed by atoms with Crippen LogP contribution in [0.25, 0.3) is 0 Å². The Bertz CT molecular complexity index is 538. The number of phenols is 1. The van der Waals surface area contributed by atoms with Gasteiger partial charge in [0, 0.05) is 12.1 Å². The minimum Gasteiger partial charge on any atom is -0.507 e. The molecule has 1 saturated carbocycles. The number of carboxylic acids is 1. The van der Waals surface area contributed by atoms with Crippen LogP contribution in [-0.4, -0.2) is 28.6 Å². The van der Waals surface area contributed by atoms with Crippen LogP contribution in [0.3, 0.4) is 0 Å². The van der Waals surface area contributed by atoms with Crippen LogP contribution < -0.4 is 5.32 Å². The zero-order valence-electron chi connectivity index (χ0n) is 11.5. The van der Waals surface area contributed by atoms with Crippen molar-refractivity contribution in [1.82, 2.24) is 5.32 Å². The number of hydrogen-bond acceptors (Lipinski definition) is 3. The van der Waals surface area contributed by atoms with Gasteiger partial charge in [-0.05, 0) is 65.7 Å². The van der Waals surface area contributed by atoms with Gasteiger partial charge in [-0.3, -0.25) is 9.59 Å². The van der Waals surface area contributed by atoms with E-state index in [0.29, 0.717) is 35.3 Å². The molecule has 0 aliphatic heterocycles. The Kier molecular flexibility index (Phi) is 5.22. The van der Waals surface area contributed by atoms with Crippen LogP contribution >= 0.6 is 15.9 Å². The molecule has 0 heterocycles. The number of phenolic OH excluding ortho intramolecular Hbond substituents is 1. The molecule has 0 bridgehead atoms. The van der Waals surface area contributed by atoms with Gasteiger partial charge < -0.3 is 15.5 Å². The standard InChI is InChI=1S/C15H18BrNO4/c16-12-6-5-11(7-13(12)18)14(19)17-8-9-1-3-10(4-2-9)15(20)21/h5-7,9-10,18H,1-4,8H2,(H,17,19)(H,20,21). The summed E-state index contributed by atoms with van der Waals surface area (Å²) in [6.45, 7) is 0.544. The summed E-state index contributed by atoms with van der Waals surface area (Å²) in [7, 11) is 0. The molecule has 1 aromatic rings. The van der Waals surface area contributed by atoms with Crippen LogP contribution in [-0.2, 0) is 4.79 Å². The monoisotopic (exact) mass is 355 g/mol. The summed E-state index contributed by atoms with van der Waals surface area (Å²) < 4.78 is 0.547.